The molecule has 3 aliphatic carbocycles. The summed E-state index contributed by atoms with van der Waals surface area (Å²) < 4.78 is 0. The van der Waals surface area contributed by atoms with Gasteiger partial charge < -0.3 is 5.43 Å². The van der Waals surface area contributed by atoms with Crippen molar-refractivity contribution in [1.82, 2.24) is 10.9 Å². The molecule has 4 rings (SSSR count). The van der Waals surface area contributed by atoms with Crippen LogP contribution in [0.2, 0.25) is 0 Å². The predicted molar refractivity (Wildman–Crippen MR) is 39.0 cm³/mol. The summed E-state index contributed by atoms with van der Waals surface area (Å²) in [6.45, 7) is 1.06. The Bertz CT molecular complexity index is 250. The number of allylic oxidation sites excluding steroid dienone is 2. The van der Waals surface area contributed by atoms with Crippen LogP contribution in [-0.4, -0.2) is 6.54 Å². The van der Waals surface area contributed by atoms with Crippen LogP contribution in [0.4, 0.5) is 0 Å². The summed E-state index contributed by atoms with van der Waals surface area (Å²) in [5.74, 6) is 0.885. The molecular formula is C8H10N2. The molecule has 2 nitrogen and oxygen atoms in total. The Labute approximate surface area is 60.0 Å². The van der Waals surface area contributed by atoms with Crippen LogP contribution in [0.25, 0.3) is 0 Å². The van der Waals surface area contributed by atoms with Crippen LogP contribution in [0.3, 0.4) is 0 Å². The van der Waals surface area contributed by atoms with E-state index in [1.54, 1.807) is 5.57 Å². The normalized spacial score (nSPS) is 34.4. The van der Waals surface area contributed by atoms with Crippen LogP contribution >= 0.6 is 0 Å². The molecule has 0 spiro atoms. The van der Waals surface area contributed by atoms with Crippen molar-refractivity contribution >= 4 is 0 Å². The monoisotopic (exact) mass is 134 g/mol. The van der Waals surface area contributed by atoms with Crippen LogP contribution in [-0.2, 0) is 0 Å². The van der Waals surface area contributed by atoms with E-state index >= 15 is 0 Å². The SMILES string of the molecule is C1=C2CC1CC1=C2NNC1. The first-order chi connectivity index (χ1) is 4.93. The largest absolute Gasteiger partial charge is 0.321 e. The molecule has 0 saturated carbocycles. The van der Waals surface area contributed by atoms with E-state index < -0.39 is 0 Å². The lowest BCUT2D eigenvalue weighted by Crippen LogP contribution is -2.26. The molecule has 2 bridgehead atoms. The molecule has 0 amide bonds. The molecule has 4 aliphatic rings. The van der Waals surface area contributed by atoms with E-state index in [0.29, 0.717) is 0 Å². The number of rotatable bonds is 0. The Hall–Kier alpha value is -0.760. The maximum atomic E-state index is 3.21. The fraction of sp³-hybridized carbons (Fsp3) is 0.500. The Morgan fingerprint density at radius 3 is 3.10 bits per heavy atom. The van der Waals surface area contributed by atoms with Crippen molar-refractivity contribution in [2.24, 2.45) is 5.92 Å². The standard InChI is InChI=1S/C8H10N2/c1-5-2-6(1)8-7(3-5)4-9-10-8/h1,5,9-10H,2-4H2. The van der Waals surface area contributed by atoms with Crippen molar-refractivity contribution in [3.05, 3.63) is 22.9 Å². The van der Waals surface area contributed by atoms with Crippen molar-refractivity contribution in [2.45, 2.75) is 12.8 Å². The van der Waals surface area contributed by atoms with Gasteiger partial charge in [-0.1, -0.05) is 6.08 Å². The summed E-state index contributed by atoms with van der Waals surface area (Å²) in [6, 6.07) is 0. The molecular weight excluding hydrogens is 124 g/mol. The highest BCUT2D eigenvalue weighted by molar-refractivity contribution is 5.46. The molecule has 0 fully saturated rings. The molecule has 0 aromatic rings. The van der Waals surface area contributed by atoms with Crippen molar-refractivity contribution in [1.29, 1.82) is 0 Å². The molecule has 0 saturated heterocycles. The molecule has 0 radical (unpaired) electrons. The molecule has 2 N–H and O–H groups in total. The minimum absolute atomic E-state index is 0.885. The molecule has 1 heterocycles. The van der Waals surface area contributed by atoms with Crippen LogP contribution in [0, 0.1) is 5.92 Å². The highest BCUT2D eigenvalue weighted by Gasteiger charge is 2.32. The number of nitrogens with one attached hydrogen (secondary N) is 2. The lowest BCUT2D eigenvalue weighted by Gasteiger charge is -2.32. The van der Waals surface area contributed by atoms with Crippen LogP contribution < -0.4 is 10.9 Å². The average Bonchev–Trinajstić information content (AvgIpc) is 2.29. The first-order valence-corrected chi connectivity index (χ1v) is 3.85. The molecule has 0 aromatic heterocycles. The van der Waals surface area contributed by atoms with Gasteiger partial charge >= 0.3 is 0 Å². The van der Waals surface area contributed by atoms with Crippen molar-refractivity contribution in [3.63, 3.8) is 0 Å². The van der Waals surface area contributed by atoms with Gasteiger partial charge in [0, 0.05) is 6.54 Å². The predicted octanol–water partition coefficient (Wildman–Crippen LogP) is 0.698. The zero-order chi connectivity index (χ0) is 6.55. The Balaban J connectivity index is 2.09. The fourth-order valence-electron chi connectivity index (χ4n) is 2.06. The van der Waals surface area contributed by atoms with Gasteiger partial charge in [0.25, 0.3) is 0 Å². The number of hydrazine groups is 1. The van der Waals surface area contributed by atoms with Gasteiger partial charge in [-0.25, -0.2) is 5.43 Å². The Morgan fingerprint density at radius 1 is 1.40 bits per heavy atom. The summed E-state index contributed by atoms with van der Waals surface area (Å²) in [4.78, 5) is 0. The van der Waals surface area contributed by atoms with Crippen molar-refractivity contribution < 1.29 is 0 Å². The van der Waals surface area contributed by atoms with E-state index in [0.717, 1.165) is 12.5 Å². The van der Waals surface area contributed by atoms with Crippen molar-refractivity contribution in [3.8, 4) is 0 Å². The molecule has 2 heteroatoms. The topological polar surface area (TPSA) is 24.1 Å². The first kappa shape index (κ1) is 4.97. The molecule has 1 aliphatic heterocycles. The second-order valence-electron chi connectivity index (χ2n) is 3.32. The Kier molecular flexibility index (Phi) is 0.722. The van der Waals surface area contributed by atoms with E-state index in [1.165, 1.54) is 24.1 Å². The minimum atomic E-state index is 0.885. The molecule has 0 aromatic carbocycles. The summed E-state index contributed by atoms with van der Waals surface area (Å²) >= 11 is 0. The number of hydrogen-bond acceptors (Lipinski definition) is 2. The maximum absolute atomic E-state index is 3.21. The smallest absolute Gasteiger partial charge is 0.0522 e. The lowest BCUT2D eigenvalue weighted by molar-refractivity contribution is 0.546. The fourth-order valence-corrected chi connectivity index (χ4v) is 2.06. The molecule has 52 valence electrons. The lowest BCUT2D eigenvalue weighted by atomic mass is 9.74. The van der Waals surface area contributed by atoms with E-state index in [9.17, 15) is 0 Å². The number of hydrogen-bond donors (Lipinski definition) is 2. The van der Waals surface area contributed by atoms with Gasteiger partial charge in [0.1, 0.15) is 0 Å². The van der Waals surface area contributed by atoms with Gasteiger partial charge in [0.05, 0.1) is 5.70 Å². The zero-order valence-corrected chi connectivity index (χ0v) is 5.78. The zero-order valence-electron chi connectivity index (χ0n) is 5.78. The second-order valence-corrected chi connectivity index (χ2v) is 3.32. The Morgan fingerprint density at radius 2 is 2.30 bits per heavy atom. The summed E-state index contributed by atoms with van der Waals surface area (Å²) in [6.07, 6.45) is 4.99. The van der Waals surface area contributed by atoms with E-state index in [4.69, 9.17) is 0 Å². The van der Waals surface area contributed by atoms with Gasteiger partial charge in [0.2, 0.25) is 0 Å². The van der Waals surface area contributed by atoms with E-state index in [-0.39, 0.29) is 0 Å². The maximum Gasteiger partial charge on any atom is 0.0522 e. The summed E-state index contributed by atoms with van der Waals surface area (Å²) in [7, 11) is 0. The minimum Gasteiger partial charge on any atom is -0.321 e. The highest BCUT2D eigenvalue weighted by Crippen LogP contribution is 2.42. The third-order valence-electron chi connectivity index (χ3n) is 2.62. The van der Waals surface area contributed by atoms with Crippen LogP contribution in [0.1, 0.15) is 12.8 Å². The van der Waals surface area contributed by atoms with Gasteiger partial charge in [-0.2, -0.15) is 0 Å². The van der Waals surface area contributed by atoms with Crippen LogP contribution in [0.5, 0.6) is 0 Å². The highest BCUT2D eigenvalue weighted by atomic mass is 15.4. The van der Waals surface area contributed by atoms with Gasteiger partial charge in [0.15, 0.2) is 0 Å². The second kappa shape index (κ2) is 1.45. The van der Waals surface area contributed by atoms with Crippen LogP contribution in [0.15, 0.2) is 22.9 Å². The van der Waals surface area contributed by atoms with Gasteiger partial charge in [-0.3, -0.25) is 0 Å². The average molecular weight is 134 g/mol. The quantitative estimate of drug-likeness (QED) is 0.509. The third-order valence-corrected chi connectivity index (χ3v) is 2.62. The molecule has 10 heavy (non-hydrogen) atoms. The molecule has 1 atom stereocenters. The van der Waals surface area contributed by atoms with Gasteiger partial charge in [-0.05, 0) is 29.9 Å². The van der Waals surface area contributed by atoms with E-state index in [1.807, 2.05) is 0 Å². The first-order valence-electron chi connectivity index (χ1n) is 3.85. The third kappa shape index (κ3) is 0.443. The molecule has 1 unspecified atom stereocenters. The van der Waals surface area contributed by atoms with Gasteiger partial charge in [-0.15, -0.1) is 0 Å². The summed E-state index contributed by atoms with van der Waals surface area (Å²) in [5, 5.41) is 0. The van der Waals surface area contributed by atoms with E-state index in [2.05, 4.69) is 16.9 Å². The van der Waals surface area contributed by atoms with Crippen molar-refractivity contribution in [2.75, 3.05) is 6.54 Å². The summed E-state index contributed by atoms with van der Waals surface area (Å²) in [5.41, 5.74) is 10.9.